The zero-order chi connectivity index (χ0) is 14.7. The van der Waals surface area contributed by atoms with E-state index >= 15 is 0 Å². The predicted octanol–water partition coefficient (Wildman–Crippen LogP) is -0.475. The Bertz CT molecular complexity index is 444. The number of carboxylic acid groups (broad SMARTS) is 2. The van der Waals surface area contributed by atoms with Gasteiger partial charge in [-0.15, -0.1) is 0 Å². The first-order valence-corrected chi connectivity index (χ1v) is 5.82. The first-order chi connectivity index (χ1) is 9.47. The fourth-order valence-corrected chi connectivity index (χ4v) is 2.13. The maximum atomic E-state index is 11.3. The van der Waals surface area contributed by atoms with E-state index in [9.17, 15) is 9.59 Å². The van der Waals surface area contributed by atoms with Gasteiger partial charge in [-0.2, -0.15) is 0 Å². The summed E-state index contributed by atoms with van der Waals surface area (Å²) in [6.07, 6.45) is 0.489. The summed E-state index contributed by atoms with van der Waals surface area (Å²) in [5.41, 5.74) is 0. The van der Waals surface area contributed by atoms with Gasteiger partial charge >= 0.3 is 6.16 Å². The average molecular weight is 287 g/mol. The summed E-state index contributed by atoms with van der Waals surface area (Å²) in [5.74, 6) is -0.636. The van der Waals surface area contributed by atoms with Crippen LogP contribution >= 0.6 is 0 Å². The SMILES string of the molecule is O=C(O)O.O=C1CC(O[C@H]2CO[C@@H]3OC=C[C@H]32)C(=O)N1. The maximum absolute atomic E-state index is 11.3. The monoisotopic (exact) mass is 287 g/mol. The minimum atomic E-state index is -1.83. The van der Waals surface area contributed by atoms with Crippen molar-refractivity contribution in [3.63, 3.8) is 0 Å². The van der Waals surface area contributed by atoms with Gasteiger partial charge in [0.25, 0.3) is 5.91 Å². The Morgan fingerprint density at radius 2 is 2.10 bits per heavy atom. The Kier molecular flexibility index (Phi) is 4.20. The van der Waals surface area contributed by atoms with Crippen LogP contribution in [0.4, 0.5) is 4.79 Å². The third-order valence-electron chi connectivity index (χ3n) is 2.95. The second-order valence-corrected chi connectivity index (χ2v) is 4.31. The van der Waals surface area contributed by atoms with Gasteiger partial charge in [0.15, 0.2) is 0 Å². The van der Waals surface area contributed by atoms with E-state index in [0.717, 1.165) is 0 Å². The number of rotatable bonds is 2. The molecule has 3 N–H and O–H groups in total. The molecule has 0 radical (unpaired) electrons. The molecular formula is C11H13NO8. The van der Waals surface area contributed by atoms with Crippen LogP contribution in [0.15, 0.2) is 12.3 Å². The second kappa shape index (κ2) is 5.88. The number of imide groups is 1. The lowest BCUT2D eigenvalue weighted by Gasteiger charge is -2.17. The summed E-state index contributed by atoms with van der Waals surface area (Å²) in [6.45, 7) is 0.387. The smallest absolute Gasteiger partial charge is 0.472 e. The fraction of sp³-hybridized carbons (Fsp3) is 0.545. The van der Waals surface area contributed by atoms with Crippen molar-refractivity contribution in [1.82, 2.24) is 5.32 Å². The minimum absolute atomic E-state index is 0.0171. The van der Waals surface area contributed by atoms with Crippen LogP contribution in [0.2, 0.25) is 0 Å². The highest BCUT2D eigenvalue weighted by Gasteiger charge is 2.43. The highest BCUT2D eigenvalue weighted by Crippen LogP contribution is 2.31. The van der Waals surface area contributed by atoms with E-state index < -0.39 is 12.3 Å². The molecule has 0 aliphatic carbocycles. The summed E-state index contributed by atoms with van der Waals surface area (Å²) in [5, 5.41) is 16.2. The Morgan fingerprint density at radius 1 is 1.40 bits per heavy atom. The average Bonchev–Trinajstić information content (AvgIpc) is 2.97. The lowest BCUT2D eigenvalue weighted by atomic mass is 10.1. The largest absolute Gasteiger partial charge is 0.503 e. The summed E-state index contributed by atoms with van der Waals surface area (Å²) >= 11 is 0. The van der Waals surface area contributed by atoms with Gasteiger partial charge in [0.1, 0.15) is 6.10 Å². The topological polar surface area (TPSA) is 131 Å². The number of hydrogen-bond acceptors (Lipinski definition) is 6. The number of ether oxygens (including phenoxy) is 3. The van der Waals surface area contributed by atoms with E-state index in [1.165, 1.54) is 0 Å². The molecule has 3 aliphatic rings. The van der Waals surface area contributed by atoms with Gasteiger partial charge in [0.2, 0.25) is 12.2 Å². The van der Waals surface area contributed by atoms with Crippen LogP contribution in [0.5, 0.6) is 0 Å². The number of hydrogen-bond donors (Lipinski definition) is 3. The summed E-state index contributed by atoms with van der Waals surface area (Å²) in [6, 6.07) is 0. The molecule has 2 fully saturated rings. The van der Waals surface area contributed by atoms with Crippen LogP contribution in [0.3, 0.4) is 0 Å². The van der Waals surface area contributed by atoms with Crippen LogP contribution in [-0.2, 0) is 23.8 Å². The van der Waals surface area contributed by atoms with Crippen LogP contribution in [0, 0.1) is 5.92 Å². The van der Waals surface area contributed by atoms with Crippen molar-refractivity contribution >= 4 is 18.0 Å². The third-order valence-corrected chi connectivity index (χ3v) is 2.95. The van der Waals surface area contributed by atoms with Crippen LogP contribution in [0.25, 0.3) is 0 Å². The molecule has 3 heterocycles. The number of carbonyl (C=O) groups is 3. The maximum Gasteiger partial charge on any atom is 0.503 e. The van der Waals surface area contributed by atoms with Crippen molar-refractivity contribution < 1.29 is 38.8 Å². The molecule has 9 heteroatoms. The van der Waals surface area contributed by atoms with Crippen molar-refractivity contribution in [2.75, 3.05) is 6.61 Å². The normalized spacial score (nSPS) is 34.0. The van der Waals surface area contributed by atoms with Gasteiger partial charge in [0, 0.05) is 0 Å². The summed E-state index contributed by atoms with van der Waals surface area (Å²) < 4.78 is 16.1. The standard InChI is InChI=1S/C10H11NO5.CH2O3/c12-8-3-6(9(13)11-8)16-7-4-15-10-5(7)1-2-14-10;2-1(3)4/h1-2,5-7,10H,3-4H2,(H,11,12,13);(H2,2,3,4)/t5-,6?,7-,10-;/m0./s1. The van der Waals surface area contributed by atoms with Crippen molar-refractivity contribution in [3.05, 3.63) is 12.3 Å². The first-order valence-electron chi connectivity index (χ1n) is 5.82. The second-order valence-electron chi connectivity index (χ2n) is 4.31. The number of amides is 2. The van der Waals surface area contributed by atoms with Gasteiger partial charge in [-0.25, -0.2) is 4.79 Å². The fourth-order valence-electron chi connectivity index (χ4n) is 2.13. The van der Waals surface area contributed by atoms with Crippen molar-refractivity contribution in [1.29, 1.82) is 0 Å². The van der Waals surface area contributed by atoms with Gasteiger partial charge in [-0.05, 0) is 6.08 Å². The lowest BCUT2D eigenvalue weighted by Crippen LogP contribution is -2.33. The third kappa shape index (κ3) is 3.25. The number of carbonyl (C=O) groups excluding carboxylic acids is 2. The minimum Gasteiger partial charge on any atom is -0.472 e. The molecule has 0 aromatic rings. The van der Waals surface area contributed by atoms with Gasteiger partial charge in [-0.3, -0.25) is 14.9 Å². The highest BCUT2D eigenvalue weighted by molar-refractivity contribution is 6.04. The molecule has 1 unspecified atom stereocenters. The van der Waals surface area contributed by atoms with Crippen molar-refractivity contribution in [3.8, 4) is 0 Å². The van der Waals surface area contributed by atoms with E-state index in [1.54, 1.807) is 6.26 Å². The molecule has 2 saturated heterocycles. The molecule has 4 atom stereocenters. The molecule has 110 valence electrons. The molecule has 20 heavy (non-hydrogen) atoms. The van der Waals surface area contributed by atoms with E-state index in [0.29, 0.717) is 6.61 Å². The van der Waals surface area contributed by atoms with Crippen molar-refractivity contribution in [2.24, 2.45) is 5.92 Å². The molecule has 3 aliphatic heterocycles. The molecule has 0 saturated carbocycles. The van der Waals surface area contributed by atoms with E-state index in [2.05, 4.69) is 5.32 Å². The molecule has 0 aromatic carbocycles. The van der Waals surface area contributed by atoms with Gasteiger partial charge < -0.3 is 24.4 Å². The van der Waals surface area contributed by atoms with Crippen LogP contribution in [0.1, 0.15) is 6.42 Å². The lowest BCUT2D eigenvalue weighted by molar-refractivity contribution is -0.133. The Hall–Kier alpha value is -2.13. The van der Waals surface area contributed by atoms with Gasteiger partial charge in [0.05, 0.1) is 31.3 Å². The molecule has 3 rings (SSSR count). The highest BCUT2D eigenvalue weighted by atomic mass is 16.7. The Balaban J connectivity index is 0.000000328. The Labute approximate surface area is 113 Å². The number of nitrogens with one attached hydrogen (secondary N) is 1. The molecule has 9 nitrogen and oxygen atoms in total. The first kappa shape index (κ1) is 14.3. The molecule has 0 spiro atoms. The quantitative estimate of drug-likeness (QED) is 0.580. The molecular weight excluding hydrogens is 274 g/mol. The number of fused-ring (bicyclic) bond motifs is 1. The van der Waals surface area contributed by atoms with E-state index in [-0.39, 0.29) is 36.5 Å². The summed E-state index contributed by atoms with van der Waals surface area (Å²) in [7, 11) is 0. The Morgan fingerprint density at radius 3 is 2.70 bits per heavy atom. The van der Waals surface area contributed by atoms with Crippen LogP contribution in [-0.4, -0.2) is 53.3 Å². The van der Waals surface area contributed by atoms with E-state index in [4.69, 9.17) is 29.2 Å². The zero-order valence-corrected chi connectivity index (χ0v) is 10.2. The van der Waals surface area contributed by atoms with E-state index in [1.807, 2.05) is 6.08 Å². The molecule has 0 bridgehead atoms. The molecule has 2 amide bonds. The summed E-state index contributed by atoms with van der Waals surface area (Å²) in [4.78, 5) is 30.9. The van der Waals surface area contributed by atoms with Crippen LogP contribution < -0.4 is 5.32 Å². The van der Waals surface area contributed by atoms with Crippen molar-refractivity contribution in [2.45, 2.75) is 24.9 Å². The van der Waals surface area contributed by atoms with Gasteiger partial charge in [-0.1, -0.05) is 0 Å². The zero-order valence-electron chi connectivity index (χ0n) is 10.2. The molecule has 0 aromatic heterocycles. The predicted molar refractivity (Wildman–Crippen MR) is 60.5 cm³/mol.